The van der Waals surface area contributed by atoms with Gasteiger partial charge in [0.2, 0.25) is 0 Å². The van der Waals surface area contributed by atoms with Gasteiger partial charge >= 0.3 is 0 Å². The lowest BCUT2D eigenvalue weighted by Gasteiger charge is -2.31. The molecule has 0 saturated heterocycles. The van der Waals surface area contributed by atoms with Gasteiger partial charge in [-0.05, 0) is 105 Å². The number of aliphatic imine (C=N–C) groups is 1. The lowest BCUT2D eigenvalue weighted by Crippen LogP contribution is -2.45. The van der Waals surface area contributed by atoms with Crippen molar-refractivity contribution in [2.45, 2.75) is 164 Å². The normalized spacial score (nSPS) is 14.7. The lowest BCUT2D eigenvalue weighted by molar-refractivity contribution is -0.818. The molecule has 16 heteroatoms. The Morgan fingerprint density at radius 1 is 0.600 bits per heavy atom. The minimum atomic E-state index is -4.83. The Balaban J connectivity index is 0.000000345. The molecule has 0 heterocycles. The van der Waals surface area contributed by atoms with Crippen molar-refractivity contribution in [1.29, 1.82) is 0 Å². The maximum absolute atomic E-state index is 12.4. The quantitative estimate of drug-likeness (QED) is 0.0103. The van der Waals surface area contributed by atoms with Gasteiger partial charge in [0, 0.05) is 48.3 Å². The summed E-state index contributed by atoms with van der Waals surface area (Å²) < 4.78 is 110. The van der Waals surface area contributed by atoms with Crippen molar-refractivity contribution >= 4 is 53.8 Å². The van der Waals surface area contributed by atoms with Crippen LogP contribution in [0, 0.1) is 5.92 Å². The van der Waals surface area contributed by atoms with Crippen LogP contribution in [-0.2, 0) is 43.4 Å². The van der Waals surface area contributed by atoms with Gasteiger partial charge in [-0.3, -0.25) is 4.48 Å². The minimum absolute atomic E-state index is 0.303. The molecular formula is C64H85N4O9S3-. The number of hydrogen-bond donors (Lipinski definition) is 0. The minimum Gasteiger partial charge on any atom is -0.744 e. The van der Waals surface area contributed by atoms with Crippen molar-refractivity contribution in [3.05, 3.63) is 174 Å². The van der Waals surface area contributed by atoms with E-state index in [9.17, 15) is 38.9 Å². The number of anilines is 1. The van der Waals surface area contributed by atoms with Gasteiger partial charge in [0.1, 0.15) is 36.9 Å². The summed E-state index contributed by atoms with van der Waals surface area (Å²) >= 11 is 0. The number of quaternary nitrogens is 1. The molecule has 0 radical (unpaired) electrons. The van der Waals surface area contributed by atoms with Gasteiger partial charge < -0.3 is 18.6 Å². The molecule has 1 aliphatic carbocycles. The second-order valence-corrected chi connectivity index (χ2v) is 25.6. The largest absolute Gasteiger partial charge is 0.744 e. The summed E-state index contributed by atoms with van der Waals surface area (Å²) in [6, 6.07) is 36.2. The lowest BCUT2D eigenvalue weighted by atomic mass is 9.78. The monoisotopic (exact) mass is 1150 g/mol. The molecule has 0 fully saturated rings. The van der Waals surface area contributed by atoms with Crippen LogP contribution in [0.3, 0.4) is 0 Å². The van der Waals surface area contributed by atoms with Crippen LogP contribution in [0.2, 0.25) is 0 Å². The molecule has 0 amide bonds. The first-order valence-corrected chi connectivity index (χ1v) is 32.8. The third-order valence-corrected chi connectivity index (χ3v) is 17.7. The van der Waals surface area contributed by atoms with E-state index < -0.39 is 36.3 Å². The third-order valence-electron chi connectivity index (χ3n) is 15.1. The summed E-state index contributed by atoms with van der Waals surface area (Å²) in [5, 5.41) is 0. The van der Waals surface area contributed by atoms with E-state index >= 15 is 0 Å². The average Bonchev–Trinajstić information content (AvgIpc) is 3.45. The van der Waals surface area contributed by atoms with Crippen molar-refractivity contribution in [1.82, 2.24) is 0 Å². The predicted molar refractivity (Wildman–Crippen MR) is 321 cm³/mol. The fourth-order valence-electron chi connectivity index (χ4n) is 10.1. The van der Waals surface area contributed by atoms with Gasteiger partial charge in [0.15, 0.2) is 18.6 Å². The van der Waals surface area contributed by atoms with Crippen LogP contribution in [-0.4, -0.2) is 93.2 Å². The summed E-state index contributed by atoms with van der Waals surface area (Å²) in [5.41, 5.74) is 5.03. The number of hydrogen-bond acceptors (Lipinski definition) is 11. The second kappa shape index (κ2) is 32.2. The summed E-state index contributed by atoms with van der Waals surface area (Å²) in [6.07, 6.45) is 31.0. The summed E-state index contributed by atoms with van der Waals surface area (Å²) in [7, 11) is -9.51. The van der Waals surface area contributed by atoms with Gasteiger partial charge in [-0.2, -0.15) is 0 Å². The molecule has 0 bridgehead atoms. The highest BCUT2D eigenvalue weighted by Gasteiger charge is 2.28. The predicted octanol–water partition coefficient (Wildman–Crippen LogP) is 13.7. The number of unbranched alkanes of at least 4 members (excludes halogenated alkanes) is 13. The standard InChI is InChI=1S/C37H38N2O9S3.C27H49N2/c1-3-38(25-27-9-7-11-33(23-27)49(40,41)42)31-19-15-29(16-20-31)37(35-13-5-6-14-36(35)51(46,47)48)30-17-21-32(22-18-30)39(4-2)26-28-10-8-12-34(24-28)50(43,44)45;1-5-6-7-8-9-10-11-12-13-14-15-16-17-19-22-26(2)29(3,4)25-28-27-23-20-18-21-24-27/h5-24,29,37H,3-4,25-26H2,1-2H3,(H2-,40,41,42,43,44,45,46,47,48);18,20-21,23-26H,5-17,19,22H2,1-4H3/q;+1/p-2. The highest BCUT2D eigenvalue weighted by atomic mass is 32.2. The van der Waals surface area contributed by atoms with Gasteiger partial charge in [-0.25, -0.2) is 34.8 Å². The smallest absolute Gasteiger partial charge is 0.199 e. The third kappa shape index (κ3) is 21.4. The van der Waals surface area contributed by atoms with Crippen molar-refractivity contribution in [3.8, 4) is 0 Å². The van der Waals surface area contributed by atoms with Crippen LogP contribution >= 0.6 is 0 Å². The molecule has 0 N–H and O–H groups in total. The van der Waals surface area contributed by atoms with E-state index in [-0.39, 0.29) is 20.6 Å². The number of rotatable bonds is 31. The average molecular weight is 1150 g/mol. The number of benzene rings is 5. The van der Waals surface area contributed by atoms with E-state index in [1.54, 1.807) is 24.3 Å². The Hall–Kier alpha value is -5.59. The molecule has 80 heavy (non-hydrogen) atoms. The van der Waals surface area contributed by atoms with E-state index in [4.69, 9.17) is 0 Å². The summed E-state index contributed by atoms with van der Waals surface area (Å²) in [5.74, 6) is -0.940. The van der Waals surface area contributed by atoms with E-state index in [0.29, 0.717) is 48.9 Å². The maximum Gasteiger partial charge on any atom is 0.199 e. The maximum atomic E-state index is 12.4. The SMILES string of the molecule is CCCCCCCCCCCCCCCCC(C)[N+](C)(C)C=Nc1ccccc1.CCN(Cc1cccc(S(=O)(=O)[O-])c1)c1ccc(C(c2ccccc2S(=O)(=O)[O-])C2C=CC(=[N+](CC)Cc3cccc(S(=O)(=O)[O-])c3)C=C2)cc1. The second-order valence-electron chi connectivity index (χ2n) is 21.5. The van der Waals surface area contributed by atoms with Crippen molar-refractivity contribution < 1.29 is 48.0 Å². The Kier molecular flexibility index (Phi) is 26.2. The van der Waals surface area contributed by atoms with E-state index in [1.807, 2.05) is 90.1 Å². The molecular weight excluding hydrogens is 1060 g/mol. The van der Waals surface area contributed by atoms with Crippen LogP contribution in [0.25, 0.3) is 0 Å². The van der Waals surface area contributed by atoms with Crippen LogP contribution in [0.15, 0.2) is 171 Å². The zero-order valence-electron chi connectivity index (χ0n) is 47.9. The summed E-state index contributed by atoms with van der Waals surface area (Å²) in [6.45, 7) is 10.3. The van der Waals surface area contributed by atoms with E-state index in [2.05, 4.69) is 51.4 Å². The fourth-order valence-corrected chi connectivity index (χ4v) is 11.9. The first-order chi connectivity index (χ1) is 38.1. The van der Waals surface area contributed by atoms with Crippen LogP contribution in [0.5, 0.6) is 0 Å². The molecule has 0 aromatic heterocycles. The number of para-hydroxylation sites is 1. The Morgan fingerprint density at radius 3 is 1.64 bits per heavy atom. The highest BCUT2D eigenvalue weighted by molar-refractivity contribution is 7.86. The van der Waals surface area contributed by atoms with Gasteiger partial charge in [-0.15, -0.1) is 0 Å². The van der Waals surface area contributed by atoms with Crippen LogP contribution in [0.1, 0.15) is 152 Å². The number of allylic oxidation sites excluding steroid dienone is 4. The highest BCUT2D eigenvalue weighted by Crippen LogP contribution is 2.39. The summed E-state index contributed by atoms with van der Waals surface area (Å²) in [4.78, 5) is 5.73. The van der Waals surface area contributed by atoms with Crippen molar-refractivity contribution in [2.75, 3.05) is 32.1 Å². The fraction of sp³-hybridized carbons (Fsp3) is 0.438. The van der Waals surface area contributed by atoms with Gasteiger partial charge in [0.25, 0.3) is 0 Å². The molecule has 5 aromatic rings. The van der Waals surface area contributed by atoms with Crippen LogP contribution in [0.4, 0.5) is 11.4 Å². The van der Waals surface area contributed by atoms with Crippen molar-refractivity contribution in [3.63, 3.8) is 0 Å². The molecule has 1 aliphatic rings. The first-order valence-electron chi connectivity index (χ1n) is 28.6. The molecule has 6 rings (SSSR count). The molecule has 0 saturated carbocycles. The van der Waals surface area contributed by atoms with E-state index in [0.717, 1.165) is 27.1 Å². The van der Waals surface area contributed by atoms with Gasteiger partial charge in [-0.1, -0.05) is 175 Å². The Labute approximate surface area is 479 Å². The van der Waals surface area contributed by atoms with E-state index in [1.165, 1.54) is 145 Å². The zero-order chi connectivity index (χ0) is 58.2. The molecule has 0 spiro atoms. The van der Waals surface area contributed by atoms with Gasteiger partial charge in [0.05, 0.1) is 40.5 Å². The molecule has 0 aliphatic heterocycles. The van der Waals surface area contributed by atoms with Crippen molar-refractivity contribution in [2.24, 2.45) is 10.9 Å². The number of nitrogens with zero attached hydrogens (tertiary/aromatic N) is 4. The molecule has 2 unspecified atom stereocenters. The first kappa shape index (κ1) is 65.2. The molecule has 13 nitrogen and oxygen atoms in total. The molecule has 5 aromatic carbocycles. The Bertz CT molecular complexity index is 3160. The van der Waals surface area contributed by atoms with Crippen LogP contribution < -0.4 is 4.90 Å². The molecule has 434 valence electrons. The zero-order valence-corrected chi connectivity index (χ0v) is 50.3. The topological polar surface area (TPSA) is 190 Å². The molecule has 2 atom stereocenters. The Morgan fingerprint density at radius 2 is 1.11 bits per heavy atom.